The van der Waals surface area contributed by atoms with Crippen molar-refractivity contribution in [3.05, 3.63) is 83.9 Å². The van der Waals surface area contributed by atoms with E-state index in [1.165, 1.54) is 11.4 Å². The van der Waals surface area contributed by atoms with Crippen LogP contribution in [-0.4, -0.2) is 28.5 Å². The molecule has 3 rings (SSSR count). The van der Waals surface area contributed by atoms with E-state index in [9.17, 15) is 13.2 Å². The molecular formula is C23H24N2O4S. The fourth-order valence-corrected chi connectivity index (χ4v) is 4.12. The number of aryl methyl sites for hydroxylation is 1. The van der Waals surface area contributed by atoms with Gasteiger partial charge < -0.3 is 10.1 Å². The summed E-state index contributed by atoms with van der Waals surface area (Å²) in [7, 11) is -0.568. The Balaban J connectivity index is 1.68. The van der Waals surface area contributed by atoms with Crippen molar-refractivity contribution in [3.8, 4) is 5.75 Å². The lowest BCUT2D eigenvalue weighted by molar-refractivity contribution is -0.115. The second-order valence-electron chi connectivity index (χ2n) is 6.91. The Morgan fingerprint density at radius 3 is 2.30 bits per heavy atom. The molecule has 0 bridgehead atoms. The molecule has 0 radical (unpaired) electrons. The van der Waals surface area contributed by atoms with Crippen LogP contribution in [-0.2, 0) is 21.2 Å². The Hall–Kier alpha value is -3.32. The molecule has 7 heteroatoms. The molecule has 0 aliphatic rings. The lowest BCUT2D eigenvalue weighted by atomic mass is 10.1. The topological polar surface area (TPSA) is 75.7 Å². The van der Waals surface area contributed by atoms with Crippen LogP contribution in [0.2, 0.25) is 0 Å². The molecule has 3 aromatic carbocycles. The quantitative estimate of drug-likeness (QED) is 0.622. The minimum Gasteiger partial charge on any atom is -0.497 e. The molecule has 6 nitrogen and oxygen atoms in total. The van der Waals surface area contributed by atoms with E-state index >= 15 is 0 Å². The second-order valence-corrected chi connectivity index (χ2v) is 8.88. The van der Waals surface area contributed by atoms with E-state index in [4.69, 9.17) is 4.74 Å². The highest BCUT2D eigenvalue weighted by Gasteiger charge is 2.21. The molecule has 1 amide bonds. The third-order valence-corrected chi connectivity index (χ3v) is 6.50. The van der Waals surface area contributed by atoms with Gasteiger partial charge in [0.1, 0.15) is 5.75 Å². The van der Waals surface area contributed by atoms with Crippen molar-refractivity contribution in [2.24, 2.45) is 0 Å². The smallest absolute Gasteiger partial charge is 0.264 e. The van der Waals surface area contributed by atoms with Crippen LogP contribution in [0.4, 0.5) is 11.4 Å². The van der Waals surface area contributed by atoms with E-state index in [1.54, 1.807) is 79.9 Å². The lowest BCUT2D eigenvalue weighted by Crippen LogP contribution is -2.26. The molecule has 156 valence electrons. The highest BCUT2D eigenvalue weighted by Crippen LogP contribution is 2.23. The number of carbonyl (C=O) groups is 1. The molecule has 3 aromatic rings. The largest absolute Gasteiger partial charge is 0.497 e. The molecule has 0 unspecified atom stereocenters. The summed E-state index contributed by atoms with van der Waals surface area (Å²) in [6.07, 6.45) is 0.173. The SMILES string of the molecule is COc1cccc(NC(=O)Cc2ccc(N(C)S(=O)(=O)c3ccc(C)cc3)cc2)c1. The predicted octanol–water partition coefficient (Wildman–Crippen LogP) is 4.01. The van der Waals surface area contributed by atoms with Crippen LogP contribution in [0.3, 0.4) is 0 Å². The molecule has 0 heterocycles. The molecule has 0 fully saturated rings. The van der Waals surface area contributed by atoms with Crippen molar-refractivity contribution < 1.29 is 17.9 Å². The van der Waals surface area contributed by atoms with Crippen molar-refractivity contribution in [1.82, 2.24) is 0 Å². The first kappa shape index (κ1) is 21.4. The highest BCUT2D eigenvalue weighted by atomic mass is 32.2. The van der Waals surface area contributed by atoms with Gasteiger partial charge in [0.05, 0.1) is 24.1 Å². The van der Waals surface area contributed by atoms with Gasteiger partial charge in [-0.05, 0) is 48.9 Å². The number of rotatable bonds is 7. The van der Waals surface area contributed by atoms with E-state index in [2.05, 4.69) is 5.32 Å². The fraction of sp³-hybridized carbons (Fsp3) is 0.174. The monoisotopic (exact) mass is 424 g/mol. The van der Waals surface area contributed by atoms with E-state index < -0.39 is 10.0 Å². The van der Waals surface area contributed by atoms with Crippen LogP contribution in [0.5, 0.6) is 5.75 Å². The van der Waals surface area contributed by atoms with E-state index in [0.29, 0.717) is 17.1 Å². The minimum absolute atomic E-state index is 0.170. The van der Waals surface area contributed by atoms with Crippen LogP contribution < -0.4 is 14.4 Å². The fourth-order valence-electron chi connectivity index (χ4n) is 2.92. The number of ether oxygens (including phenoxy) is 1. The first-order valence-electron chi connectivity index (χ1n) is 9.38. The summed E-state index contributed by atoms with van der Waals surface area (Å²) in [5.74, 6) is 0.492. The summed E-state index contributed by atoms with van der Waals surface area (Å²) in [4.78, 5) is 12.5. The van der Waals surface area contributed by atoms with Crippen LogP contribution in [0, 0.1) is 6.92 Å². The van der Waals surface area contributed by atoms with E-state index in [1.807, 2.05) is 6.92 Å². The Kier molecular flexibility index (Phi) is 6.42. The molecule has 1 N–H and O–H groups in total. The standard InChI is InChI=1S/C23H24N2O4S/c1-17-7-13-22(14-8-17)30(27,28)25(2)20-11-9-18(10-12-20)15-23(26)24-19-5-4-6-21(16-19)29-3/h4-14,16H,15H2,1-3H3,(H,24,26). The number of hydrogen-bond donors (Lipinski definition) is 1. The predicted molar refractivity (Wildman–Crippen MR) is 119 cm³/mol. The van der Waals surface area contributed by atoms with Gasteiger partial charge in [0, 0.05) is 18.8 Å². The molecule has 0 spiro atoms. The Bertz CT molecular complexity index is 1120. The van der Waals surface area contributed by atoms with Crippen LogP contribution in [0.25, 0.3) is 0 Å². The second kappa shape index (κ2) is 9.00. The maximum atomic E-state index is 12.8. The van der Waals surface area contributed by atoms with Crippen molar-refractivity contribution in [3.63, 3.8) is 0 Å². The number of methoxy groups -OCH3 is 1. The average Bonchev–Trinajstić information content (AvgIpc) is 2.74. The lowest BCUT2D eigenvalue weighted by Gasteiger charge is -2.20. The summed E-state index contributed by atoms with van der Waals surface area (Å²) >= 11 is 0. The number of hydrogen-bond acceptors (Lipinski definition) is 4. The molecule has 0 aliphatic heterocycles. The van der Waals surface area contributed by atoms with Crippen molar-refractivity contribution in [2.75, 3.05) is 23.8 Å². The number of benzene rings is 3. The van der Waals surface area contributed by atoms with Crippen LogP contribution in [0.15, 0.2) is 77.7 Å². The minimum atomic E-state index is -3.65. The first-order chi connectivity index (χ1) is 14.3. The van der Waals surface area contributed by atoms with Gasteiger partial charge in [-0.15, -0.1) is 0 Å². The third kappa shape index (κ3) is 4.99. The van der Waals surface area contributed by atoms with Gasteiger partial charge in [-0.3, -0.25) is 9.10 Å². The van der Waals surface area contributed by atoms with Gasteiger partial charge in [-0.25, -0.2) is 8.42 Å². The number of amides is 1. The summed E-state index contributed by atoms with van der Waals surface area (Å²) in [5, 5.41) is 2.83. The normalized spacial score (nSPS) is 11.0. The van der Waals surface area contributed by atoms with Gasteiger partial charge in [0.15, 0.2) is 0 Å². The third-order valence-electron chi connectivity index (χ3n) is 4.70. The van der Waals surface area contributed by atoms with Crippen molar-refractivity contribution in [1.29, 1.82) is 0 Å². The van der Waals surface area contributed by atoms with Gasteiger partial charge >= 0.3 is 0 Å². The summed E-state index contributed by atoms with van der Waals surface area (Å²) in [6, 6.07) is 20.7. The summed E-state index contributed by atoms with van der Waals surface area (Å²) < 4.78 is 32.0. The zero-order valence-electron chi connectivity index (χ0n) is 17.1. The summed E-state index contributed by atoms with van der Waals surface area (Å²) in [5.41, 5.74) is 2.95. The zero-order valence-corrected chi connectivity index (χ0v) is 17.9. The number of anilines is 2. The molecular weight excluding hydrogens is 400 g/mol. The number of nitrogens with zero attached hydrogens (tertiary/aromatic N) is 1. The molecule has 0 saturated carbocycles. The van der Waals surface area contributed by atoms with E-state index in [-0.39, 0.29) is 17.2 Å². The molecule has 0 atom stereocenters. The first-order valence-corrected chi connectivity index (χ1v) is 10.8. The number of sulfonamides is 1. The average molecular weight is 425 g/mol. The van der Waals surface area contributed by atoms with E-state index in [0.717, 1.165) is 11.1 Å². The van der Waals surface area contributed by atoms with Crippen molar-refractivity contribution >= 4 is 27.3 Å². The van der Waals surface area contributed by atoms with Crippen LogP contribution >= 0.6 is 0 Å². The van der Waals surface area contributed by atoms with Crippen LogP contribution in [0.1, 0.15) is 11.1 Å². The molecule has 30 heavy (non-hydrogen) atoms. The maximum absolute atomic E-state index is 12.8. The Morgan fingerprint density at radius 2 is 1.67 bits per heavy atom. The molecule has 0 saturated heterocycles. The van der Waals surface area contributed by atoms with Gasteiger partial charge in [-0.2, -0.15) is 0 Å². The number of carbonyl (C=O) groups excluding carboxylic acids is 1. The molecule has 0 aliphatic carbocycles. The maximum Gasteiger partial charge on any atom is 0.264 e. The molecule has 0 aromatic heterocycles. The van der Waals surface area contributed by atoms with Gasteiger partial charge in [-0.1, -0.05) is 35.9 Å². The van der Waals surface area contributed by atoms with Gasteiger partial charge in [0.25, 0.3) is 10.0 Å². The zero-order chi connectivity index (χ0) is 21.7. The summed E-state index contributed by atoms with van der Waals surface area (Å²) in [6.45, 7) is 1.91. The Morgan fingerprint density at radius 1 is 1.00 bits per heavy atom. The van der Waals surface area contributed by atoms with Gasteiger partial charge in [0.2, 0.25) is 5.91 Å². The van der Waals surface area contributed by atoms with Crippen molar-refractivity contribution in [2.45, 2.75) is 18.2 Å². The number of nitrogens with one attached hydrogen (secondary N) is 1. The highest BCUT2D eigenvalue weighted by molar-refractivity contribution is 7.92. The Labute approximate surface area is 177 Å².